The van der Waals surface area contributed by atoms with Crippen LogP contribution in [0.25, 0.3) is 0 Å². The van der Waals surface area contributed by atoms with Crippen LogP contribution in [0.5, 0.6) is 17.2 Å². The summed E-state index contributed by atoms with van der Waals surface area (Å²) in [5, 5.41) is 9.31. The first kappa shape index (κ1) is 22.4. The van der Waals surface area contributed by atoms with Crippen molar-refractivity contribution in [1.29, 1.82) is 0 Å². The van der Waals surface area contributed by atoms with Crippen molar-refractivity contribution in [3.8, 4) is 17.2 Å². The number of esters is 1. The van der Waals surface area contributed by atoms with Crippen LogP contribution in [0.4, 0.5) is 4.39 Å². The highest BCUT2D eigenvalue weighted by atomic mass is 127. The molecule has 0 radical (unpaired) electrons. The van der Waals surface area contributed by atoms with E-state index in [0.717, 1.165) is 12.1 Å². The van der Waals surface area contributed by atoms with E-state index < -0.39 is 28.5 Å². The largest absolute Gasteiger partial charge is 0.744 e. The van der Waals surface area contributed by atoms with Gasteiger partial charge < -0.3 is 19.1 Å². The van der Waals surface area contributed by atoms with Gasteiger partial charge in [0.25, 0.3) is 0 Å². The van der Waals surface area contributed by atoms with Crippen LogP contribution in [0.3, 0.4) is 0 Å². The Hall–Kier alpha value is -1.92. The highest BCUT2D eigenvalue weighted by Gasteiger charge is 2.18. The Kier molecular flexibility index (Phi) is 6.88. The van der Waals surface area contributed by atoms with E-state index in [2.05, 4.69) is 0 Å². The summed E-state index contributed by atoms with van der Waals surface area (Å²) in [7, 11) is -4.68. The normalized spacial score (nSPS) is 11.5. The first-order valence-electron chi connectivity index (χ1n) is 8.02. The van der Waals surface area contributed by atoms with Crippen LogP contribution >= 0.6 is 22.6 Å². The van der Waals surface area contributed by atoms with Crippen molar-refractivity contribution in [3.63, 3.8) is 0 Å². The molecule has 0 aliphatic rings. The third-order valence-corrected chi connectivity index (χ3v) is 5.43. The highest BCUT2D eigenvalue weighted by molar-refractivity contribution is 14.1. The molecule has 2 rings (SSSR count). The molecule has 0 saturated carbocycles. The summed E-state index contributed by atoms with van der Waals surface area (Å²) in [5.41, 5.74) is 0.501. The number of phenols is 1. The van der Waals surface area contributed by atoms with Gasteiger partial charge in [0.2, 0.25) is 0 Å². The lowest BCUT2D eigenvalue weighted by Gasteiger charge is -2.19. The summed E-state index contributed by atoms with van der Waals surface area (Å²) >= 11 is 1.75. The molecule has 0 aromatic heterocycles. The van der Waals surface area contributed by atoms with Gasteiger partial charge in [-0.15, -0.1) is 0 Å². The van der Waals surface area contributed by atoms with E-state index in [1.54, 1.807) is 36.4 Å². The topological polar surface area (TPSA) is 113 Å². The van der Waals surface area contributed by atoms with Gasteiger partial charge in [0.1, 0.15) is 21.6 Å². The van der Waals surface area contributed by atoms with E-state index in [0.29, 0.717) is 0 Å². The molecule has 152 valence electrons. The summed E-state index contributed by atoms with van der Waals surface area (Å²) in [4.78, 5) is 11.7. The summed E-state index contributed by atoms with van der Waals surface area (Å²) < 4.78 is 58.8. The van der Waals surface area contributed by atoms with Crippen LogP contribution in [-0.4, -0.2) is 30.7 Å². The maximum absolute atomic E-state index is 13.8. The Labute approximate surface area is 175 Å². The molecular formula is C18H17FIO7S-. The van der Waals surface area contributed by atoms with E-state index in [1.165, 1.54) is 19.1 Å². The molecule has 0 aliphatic heterocycles. The van der Waals surface area contributed by atoms with Crippen LogP contribution in [0.1, 0.15) is 30.9 Å². The number of aryl methyl sites for hydroxylation is 1. The third kappa shape index (κ3) is 5.32. The van der Waals surface area contributed by atoms with E-state index in [9.17, 15) is 27.3 Å². The molecule has 10 heteroatoms. The summed E-state index contributed by atoms with van der Waals surface area (Å²) in [6.45, 7) is 4.27. The second-order valence-corrected chi connectivity index (χ2v) is 8.78. The molecule has 2 aromatic carbocycles. The van der Waals surface area contributed by atoms with Gasteiger partial charge in [0.05, 0.1) is 8.47 Å². The number of rotatable bonds is 6. The zero-order chi connectivity index (χ0) is 21.2. The van der Waals surface area contributed by atoms with Crippen molar-refractivity contribution in [2.75, 3.05) is 6.61 Å². The van der Waals surface area contributed by atoms with Gasteiger partial charge in [-0.05, 0) is 64.8 Å². The van der Waals surface area contributed by atoms with Gasteiger partial charge in [0.15, 0.2) is 18.2 Å². The minimum Gasteiger partial charge on any atom is -0.744 e. The van der Waals surface area contributed by atoms with Crippen molar-refractivity contribution in [3.05, 3.63) is 44.8 Å². The number of hydrogen-bond donors (Lipinski definition) is 1. The highest BCUT2D eigenvalue weighted by Crippen LogP contribution is 2.32. The van der Waals surface area contributed by atoms with Gasteiger partial charge in [0, 0.05) is 6.07 Å². The summed E-state index contributed by atoms with van der Waals surface area (Å²) in [6, 6.07) is 4.60. The van der Waals surface area contributed by atoms with Gasteiger partial charge in [-0.25, -0.2) is 17.6 Å². The lowest BCUT2D eigenvalue weighted by atomic mass is 10.0. The summed E-state index contributed by atoms with van der Waals surface area (Å²) in [6.07, 6.45) is 0. The van der Waals surface area contributed by atoms with Gasteiger partial charge in [-0.2, -0.15) is 0 Å². The maximum atomic E-state index is 13.8. The Balaban J connectivity index is 2.22. The molecule has 0 fully saturated rings. The molecule has 0 aliphatic carbocycles. The Bertz CT molecular complexity index is 996. The van der Waals surface area contributed by atoms with Crippen LogP contribution in [0.15, 0.2) is 29.2 Å². The van der Waals surface area contributed by atoms with Crippen LogP contribution in [-0.2, 0) is 14.9 Å². The van der Waals surface area contributed by atoms with Gasteiger partial charge in [-0.1, -0.05) is 13.8 Å². The first-order chi connectivity index (χ1) is 12.9. The minimum absolute atomic E-state index is 0.0746. The lowest BCUT2D eigenvalue weighted by molar-refractivity contribution is -0.136. The number of carbonyl (C=O) groups is 1. The minimum atomic E-state index is -4.68. The fourth-order valence-electron chi connectivity index (χ4n) is 2.42. The van der Waals surface area contributed by atoms with Crippen molar-refractivity contribution in [2.24, 2.45) is 0 Å². The zero-order valence-corrected chi connectivity index (χ0v) is 18.1. The molecule has 0 heterocycles. The molecule has 0 atom stereocenters. The second-order valence-electron chi connectivity index (χ2n) is 6.27. The standard InChI is InChI=1S/C18H18FIO7S/c1-9(2)12-7-15(10(3)4-16(12)28(23,24)25)27-17(22)8-26-18-13(19)5-11(21)6-14(18)20/h4-7,9,21H,8H2,1-3H3,(H,23,24,25)/p-1. The van der Waals surface area contributed by atoms with Gasteiger partial charge in [-0.3, -0.25) is 0 Å². The third-order valence-electron chi connectivity index (χ3n) is 3.74. The molecular weight excluding hydrogens is 506 g/mol. The molecule has 0 amide bonds. The number of aromatic hydroxyl groups is 1. The van der Waals surface area contributed by atoms with Crippen molar-refractivity contribution in [2.45, 2.75) is 31.6 Å². The molecule has 0 saturated heterocycles. The molecule has 1 N–H and O–H groups in total. The smallest absolute Gasteiger partial charge is 0.349 e. The molecule has 0 spiro atoms. The van der Waals surface area contributed by atoms with Crippen LogP contribution < -0.4 is 9.47 Å². The monoisotopic (exact) mass is 523 g/mol. The molecule has 28 heavy (non-hydrogen) atoms. The van der Waals surface area contributed by atoms with Crippen LogP contribution in [0.2, 0.25) is 0 Å². The predicted octanol–water partition coefficient (Wildman–Crippen LogP) is 3.46. The Morgan fingerprint density at radius 1 is 1.29 bits per heavy atom. The number of benzene rings is 2. The summed E-state index contributed by atoms with van der Waals surface area (Å²) in [5.74, 6) is -2.39. The average Bonchev–Trinajstić information content (AvgIpc) is 2.54. The van der Waals surface area contributed by atoms with Crippen molar-refractivity contribution in [1.82, 2.24) is 0 Å². The quantitative estimate of drug-likeness (QED) is 0.267. The molecule has 0 bridgehead atoms. The number of hydrogen-bond acceptors (Lipinski definition) is 7. The number of ether oxygens (including phenoxy) is 2. The van der Waals surface area contributed by atoms with E-state index in [1.807, 2.05) is 0 Å². The van der Waals surface area contributed by atoms with Crippen LogP contribution in [0, 0.1) is 16.3 Å². The SMILES string of the molecule is Cc1cc(S(=O)(=O)[O-])c(C(C)C)cc1OC(=O)COc1c(F)cc(O)cc1I. The number of phenolic OH excluding ortho intramolecular Hbond substituents is 1. The zero-order valence-electron chi connectivity index (χ0n) is 15.2. The van der Waals surface area contributed by atoms with E-state index in [4.69, 9.17) is 9.47 Å². The van der Waals surface area contributed by atoms with Crippen molar-refractivity contribution >= 4 is 38.7 Å². The predicted molar refractivity (Wildman–Crippen MR) is 105 cm³/mol. The van der Waals surface area contributed by atoms with E-state index in [-0.39, 0.29) is 42.8 Å². The number of carbonyl (C=O) groups excluding carboxylic acids is 1. The molecule has 2 aromatic rings. The van der Waals surface area contributed by atoms with Gasteiger partial charge >= 0.3 is 5.97 Å². The van der Waals surface area contributed by atoms with E-state index >= 15 is 0 Å². The fraction of sp³-hybridized carbons (Fsp3) is 0.278. The average molecular weight is 523 g/mol. The Morgan fingerprint density at radius 2 is 1.93 bits per heavy atom. The maximum Gasteiger partial charge on any atom is 0.349 e. The first-order valence-corrected chi connectivity index (χ1v) is 10.5. The molecule has 0 unspecified atom stereocenters. The Morgan fingerprint density at radius 3 is 2.46 bits per heavy atom. The molecule has 7 nitrogen and oxygen atoms in total. The van der Waals surface area contributed by atoms with Crippen molar-refractivity contribution < 1.29 is 36.7 Å². The number of halogens is 2. The second kappa shape index (κ2) is 8.62. The lowest BCUT2D eigenvalue weighted by Crippen LogP contribution is -2.19. The fourth-order valence-corrected chi connectivity index (χ4v) is 4.06.